The van der Waals surface area contributed by atoms with E-state index in [1.807, 2.05) is 0 Å². The van der Waals surface area contributed by atoms with E-state index in [4.69, 9.17) is 16.3 Å². The van der Waals surface area contributed by atoms with E-state index in [9.17, 15) is 9.50 Å². The van der Waals surface area contributed by atoms with Crippen LogP contribution in [0.25, 0.3) is 0 Å². The molecule has 2 rings (SSSR count). The van der Waals surface area contributed by atoms with Gasteiger partial charge in [0.2, 0.25) is 5.88 Å². The zero-order valence-electron chi connectivity index (χ0n) is 9.60. The van der Waals surface area contributed by atoms with Gasteiger partial charge in [0, 0.05) is 11.8 Å². The molecule has 3 nitrogen and oxygen atoms in total. The molecule has 0 bridgehead atoms. The van der Waals surface area contributed by atoms with Gasteiger partial charge in [-0.15, -0.1) is 0 Å². The Bertz CT molecular complexity index is 560. The van der Waals surface area contributed by atoms with Crippen molar-refractivity contribution < 1.29 is 14.2 Å². The fourth-order valence-corrected chi connectivity index (χ4v) is 1.67. The largest absolute Gasteiger partial charge is 0.437 e. The number of hydrogen-bond acceptors (Lipinski definition) is 3. The fraction of sp³-hybridized carbons (Fsp3) is 0.154. The summed E-state index contributed by atoms with van der Waals surface area (Å²) in [5, 5.41) is 9.73. The first-order valence-corrected chi connectivity index (χ1v) is 5.71. The summed E-state index contributed by atoms with van der Waals surface area (Å²) in [5.74, 6) is 0.101. The number of halogens is 2. The van der Waals surface area contributed by atoms with Crippen molar-refractivity contribution in [3.63, 3.8) is 0 Å². The maximum atomic E-state index is 12.9. The van der Waals surface area contributed by atoms with Gasteiger partial charge in [0.25, 0.3) is 0 Å². The smallest absolute Gasteiger partial charge is 0.225 e. The van der Waals surface area contributed by atoms with Gasteiger partial charge in [-0.2, -0.15) is 0 Å². The Labute approximate surface area is 109 Å². The summed E-state index contributed by atoms with van der Waals surface area (Å²) in [6, 6.07) is 7.21. The Balaban J connectivity index is 2.34. The van der Waals surface area contributed by atoms with Crippen LogP contribution >= 0.6 is 11.6 Å². The molecule has 18 heavy (non-hydrogen) atoms. The van der Waals surface area contributed by atoms with Crippen molar-refractivity contribution in [2.45, 2.75) is 13.0 Å². The number of aromatic nitrogens is 1. The lowest BCUT2D eigenvalue weighted by atomic mass is 10.2. The number of rotatable bonds is 3. The number of hydrogen-bond donors (Lipinski definition) is 1. The van der Waals surface area contributed by atoms with E-state index in [0.717, 1.165) is 6.07 Å². The summed E-state index contributed by atoms with van der Waals surface area (Å²) in [7, 11) is 0. The summed E-state index contributed by atoms with van der Waals surface area (Å²) < 4.78 is 18.4. The monoisotopic (exact) mass is 267 g/mol. The van der Waals surface area contributed by atoms with Crippen molar-refractivity contribution in [3.8, 4) is 11.6 Å². The van der Waals surface area contributed by atoms with Crippen LogP contribution in [0.3, 0.4) is 0 Å². The SMILES string of the molecule is CC(O)c1cccnc1Oc1ccc(F)cc1Cl. The van der Waals surface area contributed by atoms with Gasteiger partial charge >= 0.3 is 0 Å². The third kappa shape index (κ3) is 2.78. The van der Waals surface area contributed by atoms with Gasteiger partial charge in [-0.1, -0.05) is 11.6 Å². The lowest BCUT2D eigenvalue weighted by Gasteiger charge is -2.12. The number of nitrogens with zero attached hydrogens (tertiary/aromatic N) is 1. The van der Waals surface area contributed by atoms with Gasteiger partial charge < -0.3 is 9.84 Å². The minimum atomic E-state index is -0.715. The third-order valence-corrected chi connectivity index (χ3v) is 2.65. The van der Waals surface area contributed by atoms with E-state index in [2.05, 4.69) is 4.98 Å². The predicted octanol–water partition coefficient (Wildman–Crippen LogP) is 3.72. The van der Waals surface area contributed by atoms with Crippen LogP contribution in [0.15, 0.2) is 36.5 Å². The molecule has 1 atom stereocenters. The highest BCUT2D eigenvalue weighted by Crippen LogP contribution is 2.32. The lowest BCUT2D eigenvalue weighted by molar-refractivity contribution is 0.194. The molecule has 0 amide bonds. The second kappa shape index (κ2) is 5.33. The minimum Gasteiger partial charge on any atom is -0.437 e. The van der Waals surface area contributed by atoms with Crippen molar-refractivity contribution in [2.75, 3.05) is 0 Å². The molecule has 0 saturated carbocycles. The zero-order chi connectivity index (χ0) is 13.1. The number of pyridine rings is 1. The van der Waals surface area contributed by atoms with Crippen molar-refractivity contribution in [1.82, 2.24) is 4.98 Å². The molecule has 1 heterocycles. The average Bonchev–Trinajstić information content (AvgIpc) is 2.33. The van der Waals surface area contributed by atoms with Gasteiger partial charge in [0.1, 0.15) is 11.6 Å². The summed E-state index contributed by atoms with van der Waals surface area (Å²) in [4.78, 5) is 4.02. The standard InChI is InChI=1S/C13H11ClFNO2/c1-8(17)10-3-2-6-16-13(10)18-12-5-4-9(15)7-11(12)14/h2-8,17H,1H3. The number of aliphatic hydroxyl groups excluding tert-OH is 1. The molecule has 0 aliphatic rings. The summed E-state index contributed by atoms with van der Waals surface area (Å²) in [6.45, 7) is 1.61. The van der Waals surface area contributed by atoms with Crippen LogP contribution in [0, 0.1) is 5.82 Å². The molecule has 5 heteroatoms. The van der Waals surface area contributed by atoms with Crippen molar-refractivity contribution >= 4 is 11.6 Å². The van der Waals surface area contributed by atoms with Crippen LogP contribution in [0.5, 0.6) is 11.6 Å². The van der Waals surface area contributed by atoms with E-state index in [-0.39, 0.29) is 10.9 Å². The van der Waals surface area contributed by atoms with Gasteiger partial charge in [0.15, 0.2) is 0 Å². The van der Waals surface area contributed by atoms with E-state index < -0.39 is 11.9 Å². The topological polar surface area (TPSA) is 42.4 Å². The van der Waals surface area contributed by atoms with Crippen LogP contribution in [-0.2, 0) is 0 Å². The quantitative estimate of drug-likeness (QED) is 0.922. The first-order chi connectivity index (χ1) is 8.58. The molecular weight excluding hydrogens is 257 g/mol. The third-order valence-electron chi connectivity index (χ3n) is 2.35. The van der Waals surface area contributed by atoms with Gasteiger partial charge in [-0.3, -0.25) is 0 Å². The molecule has 94 valence electrons. The number of aliphatic hydroxyl groups is 1. The van der Waals surface area contributed by atoms with Crippen molar-refractivity contribution in [3.05, 3.63) is 52.9 Å². The molecule has 1 N–H and O–H groups in total. The maximum Gasteiger partial charge on any atom is 0.225 e. The van der Waals surface area contributed by atoms with Crippen LogP contribution in [0.1, 0.15) is 18.6 Å². The Morgan fingerprint density at radius 1 is 1.39 bits per heavy atom. The summed E-state index contributed by atoms with van der Waals surface area (Å²) in [6.07, 6.45) is 0.825. The molecule has 1 aromatic carbocycles. The first kappa shape index (κ1) is 12.8. The second-order valence-corrected chi connectivity index (χ2v) is 4.16. The first-order valence-electron chi connectivity index (χ1n) is 5.34. The van der Waals surface area contributed by atoms with Crippen molar-refractivity contribution in [1.29, 1.82) is 0 Å². The summed E-state index contributed by atoms with van der Waals surface area (Å²) >= 11 is 5.86. The van der Waals surface area contributed by atoms with Crippen LogP contribution in [0.4, 0.5) is 4.39 Å². The highest BCUT2D eigenvalue weighted by Gasteiger charge is 2.12. The zero-order valence-corrected chi connectivity index (χ0v) is 10.4. The maximum absolute atomic E-state index is 12.9. The fourth-order valence-electron chi connectivity index (χ4n) is 1.47. The van der Waals surface area contributed by atoms with E-state index >= 15 is 0 Å². The summed E-state index contributed by atoms with van der Waals surface area (Å²) in [5.41, 5.74) is 0.540. The van der Waals surface area contributed by atoms with E-state index in [0.29, 0.717) is 11.3 Å². The Morgan fingerprint density at radius 2 is 2.17 bits per heavy atom. The Hall–Kier alpha value is -1.65. The molecule has 1 unspecified atom stereocenters. The van der Waals surface area contributed by atoms with E-state index in [1.54, 1.807) is 25.3 Å². The Kier molecular flexibility index (Phi) is 3.79. The minimum absolute atomic E-state index is 0.150. The normalized spacial score (nSPS) is 12.2. The van der Waals surface area contributed by atoms with Crippen molar-refractivity contribution in [2.24, 2.45) is 0 Å². The number of ether oxygens (including phenoxy) is 1. The molecule has 2 aromatic rings. The predicted molar refractivity (Wildman–Crippen MR) is 66.4 cm³/mol. The highest BCUT2D eigenvalue weighted by molar-refractivity contribution is 6.32. The average molecular weight is 268 g/mol. The van der Waals surface area contributed by atoms with Gasteiger partial charge in [-0.25, -0.2) is 9.37 Å². The second-order valence-electron chi connectivity index (χ2n) is 3.75. The molecule has 1 aromatic heterocycles. The lowest BCUT2D eigenvalue weighted by Crippen LogP contribution is -1.98. The van der Waals surface area contributed by atoms with Crippen LogP contribution in [0.2, 0.25) is 5.02 Å². The van der Waals surface area contributed by atoms with Crippen LogP contribution in [-0.4, -0.2) is 10.1 Å². The van der Waals surface area contributed by atoms with Gasteiger partial charge in [0.05, 0.1) is 11.1 Å². The molecule has 0 saturated heterocycles. The van der Waals surface area contributed by atoms with E-state index in [1.165, 1.54) is 12.1 Å². The molecule has 0 aliphatic carbocycles. The molecule has 0 radical (unpaired) electrons. The highest BCUT2D eigenvalue weighted by atomic mass is 35.5. The molecule has 0 aliphatic heterocycles. The Morgan fingerprint density at radius 3 is 2.83 bits per heavy atom. The molecular formula is C13H11ClFNO2. The molecule has 0 fully saturated rings. The van der Waals surface area contributed by atoms with Gasteiger partial charge in [-0.05, 0) is 37.3 Å². The number of benzene rings is 1. The van der Waals surface area contributed by atoms with Crippen LogP contribution < -0.4 is 4.74 Å². The molecule has 0 spiro atoms.